The molecule has 2 aromatic rings. The van der Waals surface area contributed by atoms with Gasteiger partial charge in [0.1, 0.15) is 12.4 Å². The smallest absolute Gasteiger partial charge is 0.248 e. The molecule has 2 aromatic heterocycles. The van der Waals surface area contributed by atoms with Gasteiger partial charge in [-0.3, -0.25) is 9.98 Å². The predicted octanol–water partition coefficient (Wildman–Crippen LogP) is 4.63. The van der Waals surface area contributed by atoms with Crippen LogP contribution in [-0.2, 0) is 6.42 Å². The van der Waals surface area contributed by atoms with Gasteiger partial charge in [0, 0.05) is 36.9 Å². The van der Waals surface area contributed by atoms with Crippen LogP contribution in [0.25, 0.3) is 5.65 Å². The summed E-state index contributed by atoms with van der Waals surface area (Å²) in [6.45, 7) is 9.79. The molecule has 9 heteroatoms. The van der Waals surface area contributed by atoms with Gasteiger partial charge in [0.15, 0.2) is 5.65 Å². The third-order valence-electron chi connectivity index (χ3n) is 8.03. The van der Waals surface area contributed by atoms with Crippen molar-refractivity contribution in [2.75, 3.05) is 13.2 Å². The van der Waals surface area contributed by atoms with Gasteiger partial charge < -0.3 is 10.6 Å². The normalized spacial score (nSPS) is 24.9. The Labute approximate surface area is 209 Å². The standard InChI is InChI=1S/C27H33F2N7/c1-16-20(9-12-30-16)13-21-5-6-23-34-22(14-36(23)35-21)25(19-7-10-27(28,29)11-8-19)33-17(2)24-26(18-3-4-18)32-15-31-24/h5-6,14,18-20,25,30,33H,1-4,7-13,15H2. The maximum Gasteiger partial charge on any atom is 0.248 e. The number of allylic oxidation sites excluding steroid dienone is 2. The summed E-state index contributed by atoms with van der Waals surface area (Å²) in [7, 11) is 0. The zero-order valence-electron chi connectivity index (χ0n) is 20.5. The molecule has 2 N–H and O–H groups in total. The SMILES string of the molecule is C=C(NC(c1cn2nc(CC3CCNC3=C)ccc2n1)C1CCC(F)(F)CC1)C1=NCN=C1C1CC1. The minimum atomic E-state index is -2.59. The van der Waals surface area contributed by atoms with Gasteiger partial charge in [0.05, 0.1) is 35.0 Å². The third kappa shape index (κ3) is 4.67. The first-order chi connectivity index (χ1) is 17.4. The van der Waals surface area contributed by atoms with E-state index in [0.717, 1.165) is 66.4 Å². The topological polar surface area (TPSA) is 79.0 Å². The number of hydrogen-bond donors (Lipinski definition) is 2. The zero-order valence-corrected chi connectivity index (χ0v) is 20.5. The van der Waals surface area contributed by atoms with E-state index in [4.69, 9.17) is 10.1 Å². The van der Waals surface area contributed by atoms with Crippen molar-refractivity contribution in [2.24, 2.45) is 27.7 Å². The average Bonchev–Trinajstić information content (AvgIpc) is 3.23. The molecule has 2 atom stereocenters. The number of halogens is 2. The molecule has 2 aliphatic carbocycles. The molecule has 0 amide bonds. The van der Waals surface area contributed by atoms with Crippen molar-refractivity contribution in [2.45, 2.75) is 63.3 Å². The minimum absolute atomic E-state index is 0.0157. The largest absolute Gasteiger partial charge is 0.389 e. The van der Waals surface area contributed by atoms with Crippen LogP contribution in [-0.4, -0.2) is 45.2 Å². The molecule has 0 aromatic carbocycles. The fraction of sp³-hybridized carbons (Fsp3) is 0.556. The summed E-state index contributed by atoms with van der Waals surface area (Å²) in [6, 6.07) is 3.75. The Bertz CT molecular complexity index is 1250. The minimum Gasteiger partial charge on any atom is -0.389 e. The Balaban J connectivity index is 1.26. The molecule has 1 saturated heterocycles. The monoisotopic (exact) mass is 493 g/mol. The number of nitrogens with one attached hydrogen (secondary N) is 2. The van der Waals surface area contributed by atoms with Crippen molar-refractivity contribution in [1.82, 2.24) is 25.2 Å². The summed E-state index contributed by atoms with van der Waals surface area (Å²) in [5.41, 5.74) is 6.17. The van der Waals surface area contributed by atoms with Crippen molar-refractivity contribution < 1.29 is 8.78 Å². The molecule has 0 spiro atoms. The quantitative estimate of drug-likeness (QED) is 0.562. The Morgan fingerprint density at radius 1 is 1.17 bits per heavy atom. The van der Waals surface area contributed by atoms with E-state index in [1.54, 1.807) is 0 Å². The molecular formula is C27H33F2N7. The lowest BCUT2D eigenvalue weighted by Gasteiger charge is -2.34. The predicted molar refractivity (Wildman–Crippen MR) is 136 cm³/mol. The molecule has 4 aliphatic rings. The number of aromatic nitrogens is 3. The van der Waals surface area contributed by atoms with E-state index >= 15 is 0 Å². The molecule has 0 bridgehead atoms. The Morgan fingerprint density at radius 3 is 2.69 bits per heavy atom. The van der Waals surface area contributed by atoms with Crippen molar-refractivity contribution in [1.29, 1.82) is 0 Å². The third-order valence-corrected chi connectivity index (χ3v) is 8.03. The lowest BCUT2D eigenvalue weighted by atomic mass is 9.81. The highest BCUT2D eigenvalue weighted by molar-refractivity contribution is 6.50. The number of fused-ring (bicyclic) bond motifs is 1. The lowest BCUT2D eigenvalue weighted by Crippen LogP contribution is -2.36. The second-order valence-electron chi connectivity index (χ2n) is 10.7. The molecule has 3 fully saturated rings. The van der Waals surface area contributed by atoms with Crippen LogP contribution in [0, 0.1) is 17.8 Å². The Morgan fingerprint density at radius 2 is 1.97 bits per heavy atom. The Hall–Kier alpha value is -3.10. The second kappa shape index (κ2) is 9.09. The van der Waals surface area contributed by atoms with Gasteiger partial charge >= 0.3 is 0 Å². The number of alkyl halides is 2. The molecule has 190 valence electrons. The molecule has 36 heavy (non-hydrogen) atoms. The van der Waals surface area contributed by atoms with E-state index in [1.807, 2.05) is 22.8 Å². The van der Waals surface area contributed by atoms with Crippen molar-refractivity contribution in [3.05, 3.63) is 54.3 Å². The fourth-order valence-corrected chi connectivity index (χ4v) is 5.75. The van der Waals surface area contributed by atoms with Crippen LogP contribution >= 0.6 is 0 Å². The molecule has 2 aliphatic heterocycles. The molecule has 4 heterocycles. The Kier molecular flexibility index (Phi) is 5.88. The van der Waals surface area contributed by atoms with Gasteiger partial charge in [0.2, 0.25) is 5.92 Å². The van der Waals surface area contributed by atoms with Crippen molar-refractivity contribution >= 4 is 17.1 Å². The van der Waals surface area contributed by atoms with Crippen LogP contribution in [0.1, 0.15) is 62.4 Å². The van der Waals surface area contributed by atoms with Crippen LogP contribution in [0.3, 0.4) is 0 Å². The van der Waals surface area contributed by atoms with Crippen LogP contribution in [0.15, 0.2) is 52.9 Å². The van der Waals surface area contributed by atoms with Crippen LogP contribution in [0.2, 0.25) is 0 Å². The molecular weight excluding hydrogens is 460 g/mol. The lowest BCUT2D eigenvalue weighted by molar-refractivity contribution is -0.0494. The zero-order chi connectivity index (χ0) is 24.9. The highest BCUT2D eigenvalue weighted by Crippen LogP contribution is 2.42. The van der Waals surface area contributed by atoms with Crippen molar-refractivity contribution in [3.63, 3.8) is 0 Å². The van der Waals surface area contributed by atoms with E-state index in [-0.39, 0.29) is 24.8 Å². The molecule has 2 saturated carbocycles. The molecule has 0 radical (unpaired) electrons. The van der Waals surface area contributed by atoms with Crippen molar-refractivity contribution in [3.8, 4) is 0 Å². The number of aliphatic imine (C=N–C) groups is 2. The average molecular weight is 494 g/mol. The van der Waals surface area contributed by atoms with Gasteiger partial charge in [0.25, 0.3) is 0 Å². The molecule has 7 nitrogen and oxygen atoms in total. The van der Waals surface area contributed by atoms with Crippen LogP contribution < -0.4 is 10.6 Å². The molecule has 6 rings (SSSR count). The van der Waals surface area contributed by atoms with Gasteiger partial charge in [-0.25, -0.2) is 18.3 Å². The van der Waals surface area contributed by atoms with Gasteiger partial charge in [-0.05, 0) is 56.6 Å². The van der Waals surface area contributed by atoms with E-state index in [9.17, 15) is 8.78 Å². The van der Waals surface area contributed by atoms with Gasteiger partial charge in [-0.1, -0.05) is 13.2 Å². The summed E-state index contributed by atoms with van der Waals surface area (Å²) in [6.07, 6.45) is 6.74. The highest BCUT2D eigenvalue weighted by atomic mass is 19.3. The summed E-state index contributed by atoms with van der Waals surface area (Å²) < 4.78 is 29.8. The van der Waals surface area contributed by atoms with E-state index < -0.39 is 5.92 Å². The summed E-state index contributed by atoms with van der Waals surface area (Å²) in [5, 5.41) is 11.7. The van der Waals surface area contributed by atoms with Crippen LogP contribution in [0.5, 0.6) is 0 Å². The van der Waals surface area contributed by atoms with Crippen LogP contribution in [0.4, 0.5) is 8.78 Å². The van der Waals surface area contributed by atoms with Gasteiger partial charge in [-0.2, -0.15) is 5.10 Å². The van der Waals surface area contributed by atoms with E-state index in [2.05, 4.69) is 33.8 Å². The van der Waals surface area contributed by atoms with E-state index in [1.165, 1.54) is 0 Å². The number of rotatable bonds is 8. The first-order valence-electron chi connectivity index (χ1n) is 13.1. The number of hydrogen-bond acceptors (Lipinski definition) is 6. The van der Waals surface area contributed by atoms with Gasteiger partial charge in [-0.15, -0.1) is 0 Å². The maximum absolute atomic E-state index is 14.0. The number of imidazole rings is 1. The second-order valence-corrected chi connectivity index (χ2v) is 10.7. The summed E-state index contributed by atoms with van der Waals surface area (Å²) >= 11 is 0. The van der Waals surface area contributed by atoms with E-state index in [0.29, 0.717) is 37.0 Å². The summed E-state index contributed by atoms with van der Waals surface area (Å²) in [5.74, 6) is -1.72. The summed E-state index contributed by atoms with van der Waals surface area (Å²) in [4.78, 5) is 14.0. The number of nitrogens with zero attached hydrogens (tertiary/aromatic N) is 5. The highest BCUT2D eigenvalue weighted by Gasteiger charge is 2.40. The first-order valence-corrected chi connectivity index (χ1v) is 13.1. The first kappa shape index (κ1) is 23.3. The maximum atomic E-state index is 14.0. The molecule has 2 unspecified atom stereocenters. The fourth-order valence-electron chi connectivity index (χ4n) is 5.75.